The Kier molecular flexibility index (Phi) is 11.5. The molecular formula is C22H36IN5O3. The standard InChI is InChI=1S/C22H35N5O3.HI/c1-7-15(2)25-22(24-14-21(28)27(3)4)23-10-8-9-16-11-18-19(26-16)12-17(29-5)13-20(18)30-6;/h11-13,15,26H,7-10,14H2,1-6H3,(H2,23,24,25);1H. The smallest absolute Gasteiger partial charge is 0.243 e. The number of fused-ring (bicyclic) bond motifs is 1. The minimum absolute atomic E-state index is 0. The maximum Gasteiger partial charge on any atom is 0.243 e. The van der Waals surface area contributed by atoms with Gasteiger partial charge in [-0.3, -0.25) is 4.79 Å². The fourth-order valence-electron chi connectivity index (χ4n) is 2.92. The highest BCUT2D eigenvalue weighted by molar-refractivity contribution is 14.0. The molecule has 2 rings (SSSR count). The molecule has 0 aliphatic rings. The molecule has 1 atom stereocenters. The van der Waals surface area contributed by atoms with Gasteiger partial charge < -0.3 is 30.0 Å². The summed E-state index contributed by atoms with van der Waals surface area (Å²) < 4.78 is 10.8. The van der Waals surface area contributed by atoms with Gasteiger partial charge in [0, 0.05) is 49.9 Å². The van der Waals surface area contributed by atoms with E-state index in [0.29, 0.717) is 5.96 Å². The number of aryl methyl sites for hydroxylation is 1. The van der Waals surface area contributed by atoms with Crippen LogP contribution in [0.2, 0.25) is 0 Å². The first-order valence-corrected chi connectivity index (χ1v) is 10.4. The van der Waals surface area contributed by atoms with Crippen LogP contribution in [-0.4, -0.2) is 69.2 Å². The van der Waals surface area contributed by atoms with E-state index in [1.807, 2.05) is 12.1 Å². The number of aromatic nitrogens is 1. The van der Waals surface area contributed by atoms with Gasteiger partial charge in [-0.15, -0.1) is 24.0 Å². The summed E-state index contributed by atoms with van der Waals surface area (Å²) in [6, 6.07) is 6.26. The number of aliphatic imine (C=N–C) groups is 1. The van der Waals surface area contributed by atoms with Crippen molar-refractivity contribution < 1.29 is 14.3 Å². The fraction of sp³-hybridized carbons (Fsp3) is 0.545. The number of benzene rings is 1. The van der Waals surface area contributed by atoms with Crippen molar-refractivity contribution in [2.45, 2.75) is 39.2 Å². The van der Waals surface area contributed by atoms with Crippen molar-refractivity contribution in [1.82, 2.24) is 20.5 Å². The molecule has 9 heteroatoms. The zero-order chi connectivity index (χ0) is 22.1. The lowest BCUT2D eigenvalue weighted by molar-refractivity contribution is -0.127. The van der Waals surface area contributed by atoms with Crippen LogP contribution < -0.4 is 20.1 Å². The highest BCUT2D eigenvalue weighted by Crippen LogP contribution is 2.31. The van der Waals surface area contributed by atoms with Crippen LogP contribution in [0.25, 0.3) is 10.9 Å². The molecule has 1 unspecified atom stereocenters. The number of H-pyrrole nitrogens is 1. The summed E-state index contributed by atoms with van der Waals surface area (Å²) in [6.07, 6.45) is 2.76. The lowest BCUT2D eigenvalue weighted by atomic mass is 10.2. The molecule has 174 valence electrons. The first-order valence-electron chi connectivity index (χ1n) is 10.4. The van der Waals surface area contributed by atoms with Gasteiger partial charge in [-0.2, -0.15) is 0 Å². The summed E-state index contributed by atoms with van der Waals surface area (Å²) in [5.41, 5.74) is 2.13. The van der Waals surface area contributed by atoms with Gasteiger partial charge >= 0.3 is 0 Å². The quantitative estimate of drug-likeness (QED) is 0.185. The molecule has 0 fully saturated rings. The van der Waals surface area contributed by atoms with Crippen LogP contribution in [0.15, 0.2) is 23.2 Å². The normalized spacial score (nSPS) is 12.1. The van der Waals surface area contributed by atoms with Crippen LogP contribution >= 0.6 is 24.0 Å². The highest BCUT2D eigenvalue weighted by Gasteiger charge is 2.10. The first kappa shape index (κ1) is 26.9. The summed E-state index contributed by atoms with van der Waals surface area (Å²) >= 11 is 0. The van der Waals surface area contributed by atoms with Crippen LogP contribution in [0.5, 0.6) is 11.5 Å². The molecule has 0 saturated carbocycles. The Labute approximate surface area is 202 Å². The molecule has 1 amide bonds. The Morgan fingerprint density at radius 3 is 2.58 bits per heavy atom. The lowest BCUT2D eigenvalue weighted by Gasteiger charge is -2.17. The van der Waals surface area contributed by atoms with Crippen LogP contribution in [0, 0.1) is 0 Å². The van der Waals surface area contributed by atoms with E-state index in [1.165, 1.54) is 0 Å². The van der Waals surface area contributed by atoms with E-state index < -0.39 is 0 Å². The number of carbonyl (C=O) groups is 1. The second-order valence-electron chi connectivity index (χ2n) is 7.52. The fourth-order valence-corrected chi connectivity index (χ4v) is 2.92. The maximum absolute atomic E-state index is 11.8. The van der Waals surface area contributed by atoms with E-state index in [0.717, 1.165) is 53.9 Å². The number of halogens is 1. The summed E-state index contributed by atoms with van der Waals surface area (Å²) in [5.74, 6) is 2.20. The van der Waals surface area contributed by atoms with Gasteiger partial charge in [-0.1, -0.05) is 6.92 Å². The SMILES string of the molecule is CCC(C)NC(=NCC(=O)N(C)C)NCCCc1cc2c(OC)cc(OC)cc2[nH]1.I. The molecule has 1 heterocycles. The Bertz CT molecular complexity index is 866. The largest absolute Gasteiger partial charge is 0.497 e. The van der Waals surface area contributed by atoms with Crippen molar-refractivity contribution in [2.75, 3.05) is 41.4 Å². The van der Waals surface area contributed by atoms with Gasteiger partial charge in [0.2, 0.25) is 5.91 Å². The summed E-state index contributed by atoms with van der Waals surface area (Å²) in [4.78, 5) is 21.2. The van der Waals surface area contributed by atoms with Crippen LogP contribution in [0.4, 0.5) is 0 Å². The van der Waals surface area contributed by atoms with Crippen molar-refractivity contribution in [2.24, 2.45) is 4.99 Å². The number of amides is 1. The van der Waals surface area contributed by atoms with Gasteiger partial charge in [0.05, 0.1) is 19.7 Å². The van der Waals surface area contributed by atoms with Crippen LogP contribution in [0.1, 0.15) is 32.4 Å². The number of ether oxygens (including phenoxy) is 2. The molecule has 31 heavy (non-hydrogen) atoms. The van der Waals surface area contributed by atoms with Gasteiger partial charge in [0.25, 0.3) is 0 Å². The number of likely N-dealkylation sites (N-methyl/N-ethyl adjacent to an activating group) is 1. The van der Waals surface area contributed by atoms with Crippen molar-refractivity contribution >= 4 is 46.7 Å². The molecule has 0 aliphatic carbocycles. The molecule has 0 bridgehead atoms. The second kappa shape index (κ2) is 13.3. The zero-order valence-electron chi connectivity index (χ0n) is 19.4. The molecular weight excluding hydrogens is 509 g/mol. The minimum Gasteiger partial charge on any atom is -0.497 e. The van der Waals surface area contributed by atoms with Gasteiger partial charge in [0.1, 0.15) is 18.0 Å². The third-order valence-corrected chi connectivity index (χ3v) is 4.97. The predicted octanol–water partition coefficient (Wildman–Crippen LogP) is 3.16. The van der Waals surface area contributed by atoms with Gasteiger partial charge in [-0.25, -0.2) is 4.99 Å². The minimum atomic E-state index is -0.0253. The predicted molar refractivity (Wildman–Crippen MR) is 137 cm³/mol. The molecule has 1 aromatic carbocycles. The molecule has 0 saturated heterocycles. The number of methoxy groups -OCH3 is 2. The first-order chi connectivity index (χ1) is 14.4. The molecule has 8 nitrogen and oxygen atoms in total. The summed E-state index contributed by atoms with van der Waals surface area (Å²) in [6.45, 7) is 5.08. The average Bonchev–Trinajstić information content (AvgIpc) is 3.16. The lowest BCUT2D eigenvalue weighted by Crippen LogP contribution is -2.43. The molecule has 0 spiro atoms. The van der Waals surface area contributed by atoms with Crippen LogP contribution in [0.3, 0.4) is 0 Å². The Morgan fingerprint density at radius 1 is 1.23 bits per heavy atom. The third kappa shape index (κ3) is 8.12. The number of guanidine groups is 1. The van der Waals surface area contributed by atoms with Gasteiger partial charge in [0.15, 0.2) is 5.96 Å². The number of hydrogen-bond acceptors (Lipinski definition) is 4. The van der Waals surface area contributed by atoms with E-state index in [1.54, 1.807) is 33.2 Å². The van der Waals surface area contributed by atoms with E-state index in [4.69, 9.17) is 9.47 Å². The Hall–Kier alpha value is -2.17. The zero-order valence-corrected chi connectivity index (χ0v) is 21.7. The molecule has 2 aromatic rings. The van der Waals surface area contributed by atoms with Gasteiger partial charge in [-0.05, 0) is 32.3 Å². The maximum atomic E-state index is 11.8. The second-order valence-corrected chi connectivity index (χ2v) is 7.52. The third-order valence-electron chi connectivity index (χ3n) is 4.97. The average molecular weight is 545 g/mol. The van der Waals surface area contributed by atoms with Crippen molar-refractivity contribution in [3.8, 4) is 11.5 Å². The number of aromatic amines is 1. The molecule has 0 radical (unpaired) electrons. The number of carbonyl (C=O) groups excluding carboxylic acids is 1. The summed E-state index contributed by atoms with van der Waals surface area (Å²) in [5, 5.41) is 7.72. The number of nitrogens with one attached hydrogen (secondary N) is 3. The Balaban J connectivity index is 0.00000480. The number of nitrogens with zero attached hydrogens (tertiary/aromatic N) is 2. The molecule has 3 N–H and O–H groups in total. The van der Waals surface area contributed by atoms with Crippen molar-refractivity contribution in [1.29, 1.82) is 0 Å². The van der Waals surface area contributed by atoms with Crippen molar-refractivity contribution in [3.05, 3.63) is 23.9 Å². The van der Waals surface area contributed by atoms with E-state index in [9.17, 15) is 4.79 Å². The van der Waals surface area contributed by atoms with Crippen LogP contribution in [-0.2, 0) is 11.2 Å². The van der Waals surface area contributed by atoms with E-state index in [-0.39, 0.29) is 42.5 Å². The van der Waals surface area contributed by atoms with Crippen molar-refractivity contribution in [3.63, 3.8) is 0 Å². The number of hydrogen-bond donors (Lipinski definition) is 3. The Morgan fingerprint density at radius 2 is 1.97 bits per heavy atom. The van der Waals surface area contributed by atoms with E-state index in [2.05, 4.69) is 40.5 Å². The number of rotatable bonds is 10. The monoisotopic (exact) mass is 545 g/mol. The topological polar surface area (TPSA) is 91.0 Å². The molecule has 0 aliphatic heterocycles. The highest BCUT2D eigenvalue weighted by atomic mass is 127. The summed E-state index contributed by atoms with van der Waals surface area (Å²) in [7, 11) is 6.78. The van der Waals surface area contributed by atoms with E-state index >= 15 is 0 Å². The molecule has 1 aromatic heterocycles.